The lowest BCUT2D eigenvalue weighted by molar-refractivity contribution is -0.131. The molecule has 0 aromatic carbocycles. The fourth-order valence-corrected chi connectivity index (χ4v) is 1.66. The molecule has 0 atom stereocenters. The van der Waals surface area contributed by atoms with E-state index >= 15 is 0 Å². The first-order valence-corrected chi connectivity index (χ1v) is 6.65. The molecule has 5 nitrogen and oxygen atoms in total. The Kier molecular flexibility index (Phi) is 7.77. The summed E-state index contributed by atoms with van der Waals surface area (Å²) in [5, 5.41) is 3.13. The molecule has 1 aromatic heterocycles. The Balaban J connectivity index is 2.53. The molecule has 19 heavy (non-hydrogen) atoms. The van der Waals surface area contributed by atoms with E-state index in [0.29, 0.717) is 26.2 Å². The highest BCUT2D eigenvalue weighted by atomic mass is 16.5. The second kappa shape index (κ2) is 9.47. The average molecular weight is 265 g/mol. The van der Waals surface area contributed by atoms with E-state index in [0.717, 1.165) is 18.7 Å². The monoisotopic (exact) mass is 265 g/mol. The number of hydrogen-bond donors (Lipinski definition) is 1. The normalized spacial score (nSPS) is 10.4. The van der Waals surface area contributed by atoms with Gasteiger partial charge in [0.25, 0.3) is 0 Å². The summed E-state index contributed by atoms with van der Waals surface area (Å²) in [7, 11) is 1.64. The molecule has 0 unspecified atom stereocenters. The van der Waals surface area contributed by atoms with Gasteiger partial charge >= 0.3 is 0 Å². The molecular formula is C14H23N3O2. The smallest absolute Gasteiger partial charge is 0.236 e. The molecule has 0 radical (unpaired) electrons. The van der Waals surface area contributed by atoms with Crippen LogP contribution < -0.4 is 5.32 Å². The number of aromatic nitrogens is 1. The van der Waals surface area contributed by atoms with Crippen molar-refractivity contribution in [2.75, 3.05) is 33.4 Å². The molecule has 0 spiro atoms. The van der Waals surface area contributed by atoms with Gasteiger partial charge in [-0.3, -0.25) is 9.78 Å². The van der Waals surface area contributed by atoms with Crippen molar-refractivity contribution >= 4 is 5.91 Å². The summed E-state index contributed by atoms with van der Waals surface area (Å²) in [4.78, 5) is 18.1. The van der Waals surface area contributed by atoms with Gasteiger partial charge in [0.1, 0.15) is 0 Å². The lowest BCUT2D eigenvalue weighted by Crippen LogP contribution is -2.39. The van der Waals surface area contributed by atoms with E-state index in [4.69, 9.17) is 4.74 Å². The number of hydrogen-bond acceptors (Lipinski definition) is 4. The van der Waals surface area contributed by atoms with E-state index in [1.807, 2.05) is 18.2 Å². The molecule has 1 aromatic rings. The van der Waals surface area contributed by atoms with E-state index < -0.39 is 0 Å². The molecular weight excluding hydrogens is 242 g/mol. The topological polar surface area (TPSA) is 54.5 Å². The fraction of sp³-hybridized carbons (Fsp3) is 0.571. The van der Waals surface area contributed by atoms with Gasteiger partial charge in [0.15, 0.2) is 0 Å². The molecule has 106 valence electrons. The summed E-state index contributed by atoms with van der Waals surface area (Å²) < 4.78 is 5.05. The molecule has 5 heteroatoms. The molecule has 0 bridgehead atoms. The maximum absolute atomic E-state index is 12.1. The van der Waals surface area contributed by atoms with Crippen molar-refractivity contribution in [3.05, 3.63) is 30.1 Å². The number of carbonyl (C=O) groups excluding carboxylic acids is 1. The lowest BCUT2D eigenvalue weighted by Gasteiger charge is -2.22. The largest absolute Gasteiger partial charge is 0.383 e. The van der Waals surface area contributed by atoms with Gasteiger partial charge in [-0.1, -0.05) is 13.0 Å². The van der Waals surface area contributed by atoms with Crippen molar-refractivity contribution in [2.24, 2.45) is 0 Å². The minimum Gasteiger partial charge on any atom is -0.383 e. The quantitative estimate of drug-likeness (QED) is 0.678. The number of carbonyl (C=O) groups is 1. The molecule has 1 N–H and O–H groups in total. The molecule has 1 rings (SSSR count). The van der Waals surface area contributed by atoms with Crippen LogP contribution in [0.15, 0.2) is 24.4 Å². The van der Waals surface area contributed by atoms with E-state index in [-0.39, 0.29) is 5.91 Å². The Hall–Kier alpha value is -1.46. The third kappa shape index (κ3) is 6.31. The van der Waals surface area contributed by atoms with E-state index in [2.05, 4.69) is 17.2 Å². The van der Waals surface area contributed by atoms with Gasteiger partial charge in [0.05, 0.1) is 25.4 Å². The second-order valence-corrected chi connectivity index (χ2v) is 4.31. The predicted octanol–water partition coefficient (Wildman–Crippen LogP) is 1.06. The average Bonchev–Trinajstić information content (AvgIpc) is 2.44. The molecule has 1 heterocycles. The lowest BCUT2D eigenvalue weighted by atomic mass is 10.3. The molecule has 0 aliphatic heterocycles. The van der Waals surface area contributed by atoms with Crippen molar-refractivity contribution in [1.82, 2.24) is 15.2 Å². The summed E-state index contributed by atoms with van der Waals surface area (Å²) >= 11 is 0. The van der Waals surface area contributed by atoms with Crippen LogP contribution in [0.2, 0.25) is 0 Å². The van der Waals surface area contributed by atoms with Crippen LogP contribution in [0, 0.1) is 0 Å². The molecule has 1 amide bonds. The summed E-state index contributed by atoms with van der Waals surface area (Å²) in [5.41, 5.74) is 0.891. The van der Waals surface area contributed by atoms with E-state index in [9.17, 15) is 4.79 Å². The molecule has 0 aliphatic rings. The first-order chi connectivity index (χ1) is 9.27. The van der Waals surface area contributed by atoms with Gasteiger partial charge in [-0.05, 0) is 25.1 Å². The zero-order chi connectivity index (χ0) is 13.9. The van der Waals surface area contributed by atoms with Gasteiger partial charge in [0.2, 0.25) is 5.91 Å². The number of amides is 1. The highest BCUT2D eigenvalue weighted by Crippen LogP contribution is 2.01. The molecule has 0 saturated heterocycles. The van der Waals surface area contributed by atoms with Crippen molar-refractivity contribution in [1.29, 1.82) is 0 Å². The molecule has 0 fully saturated rings. The predicted molar refractivity (Wildman–Crippen MR) is 74.7 cm³/mol. The second-order valence-electron chi connectivity index (χ2n) is 4.31. The van der Waals surface area contributed by atoms with Crippen molar-refractivity contribution in [2.45, 2.75) is 19.9 Å². The van der Waals surface area contributed by atoms with Crippen molar-refractivity contribution in [3.8, 4) is 0 Å². The van der Waals surface area contributed by atoms with Gasteiger partial charge in [-0.15, -0.1) is 0 Å². The maximum atomic E-state index is 12.1. The number of nitrogens with zero attached hydrogens (tertiary/aromatic N) is 2. The number of nitrogens with one attached hydrogen (secondary N) is 1. The first-order valence-electron chi connectivity index (χ1n) is 6.65. The van der Waals surface area contributed by atoms with Gasteiger partial charge in [0, 0.05) is 19.9 Å². The number of pyridine rings is 1. The Morgan fingerprint density at radius 1 is 1.47 bits per heavy atom. The number of rotatable bonds is 9. The highest BCUT2D eigenvalue weighted by Gasteiger charge is 2.13. The van der Waals surface area contributed by atoms with Crippen LogP contribution in [0.5, 0.6) is 0 Å². The number of methoxy groups -OCH3 is 1. The summed E-state index contributed by atoms with van der Waals surface area (Å²) in [6.07, 6.45) is 2.76. The Morgan fingerprint density at radius 2 is 2.32 bits per heavy atom. The van der Waals surface area contributed by atoms with E-state index in [1.165, 1.54) is 0 Å². The highest BCUT2D eigenvalue weighted by molar-refractivity contribution is 5.78. The SMILES string of the molecule is CCCNCC(=O)N(CCOC)Cc1ccccn1. The Morgan fingerprint density at radius 3 is 2.95 bits per heavy atom. The van der Waals surface area contributed by atoms with Crippen LogP contribution in [0.3, 0.4) is 0 Å². The van der Waals surface area contributed by atoms with Gasteiger partial charge < -0.3 is 15.0 Å². The van der Waals surface area contributed by atoms with Crippen molar-refractivity contribution < 1.29 is 9.53 Å². The maximum Gasteiger partial charge on any atom is 0.236 e. The van der Waals surface area contributed by atoms with Gasteiger partial charge in [-0.25, -0.2) is 0 Å². The molecule has 0 saturated carbocycles. The summed E-state index contributed by atoms with van der Waals surface area (Å²) in [5.74, 6) is 0.0798. The Bertz CT molecular complexity index is 357. The zero-order valence-electron chi connectivity index (χ0n) is 11.8. The summed E-state index contributed by atoms with van der Waals surface area (Å²) in [6.45, 7) is 4.94. The number of ether oxygens (including phenoxy) is 1. The minimum atomic E-state index is 0.0798. The van der Waals surface area contributed by atoms with Crippen molar-refractivity contribution in [3.63, 3.8) is 0 Å². The Labute approximate surface area is 115 Å². The van der Waals surface area contributed by atoms with E-state index in [1.54, 1.807) is 18.2 Å². The summed E-state index contributed by atoms with van der Waals surface area (Å²) in [6, 6.07) is 5.72. The third-order valence-electron chi connectivity index (χ3n) is 2.70. The molecule has 0 aliphatic carbocycles. The first kappa shape index (κ1) is 15.6. The minimum absolute atomic E-state index is 0.0798. The third-order valence-corrected chi connectivity index (χ3v) is 2.70. The van der Waals surface area contributed by atoms with Gasteiger partial charge in [-0.2, -0.15) is 0 Å². The fourth-order valence-electron chi connectivity index (χ4n) is 1.66. The van der Waals surface area contributed by atoms with Crippen LogP contribution in [-0.2, 0) is 16.1 Å². The van der Waals surface area contributed by atoms with Crippen LogP contribution in [-0.4, -0.2) is 49.1 Å². The van der Waals surface area contributed by atoms with Crippen LogP contribution in [0.25, 0.3) is 0 Å². The van der Waals surface area contributed by atoms with Crippen LogP contribution >= 0.6 is 0 Å². The standard InChI is InChI=1S/C14H23N3O2/c1-3-7-15-11-14(18)17(9-10-19-2)12-13-6-4-5-8-16-13/h4-6,8,15H,3,7,9-12H2,1-2H3. The van der Waals surface area contributed by atoms with Crippen LogP contribution in [0.1, 0.15) is 19.0 Å². The zero-order valence-corrected chi connectivity index (χ0v) is 11.8. The van der Waals surface area contributed by atoms with Crippen LogP contribution in [0.4, 0.5) is 0 Å².